The minimum atomic E-state index is -0.477. The molecule has 2 spiro atoms. The molecule has 0 bridgehead atoms. The Morgan fingerprint density at radius 2 is 0.536 bits per heavy atom. The second-order valence-electron chi connectivity index (χ2n) is 19.4. The second-order valence-corrected chi connectivity index (χ2v) is 19.4. The minimum Gasteiger partial charge on any atom is -0.310 e. The van der Waals surface area contributed by atoms with Gasteiger partial charge in [0.05, 0.1) is 16.5 Å². The summed E-state index contributed by atoms with van der Waals surface area (Å²) >= 11 is 0. The lowest BCUT2D eigenvalue weighted by atomic mass is 9.70. The maximum atomic E-state index is 2.58. The lowest BCUT2D eigenvalue weighted by Gasteiger charge is -2.33. The van der Waals surface area contributed by atoms with Crippen molar-refractivity contribution in [1.29, 1.82) is 0 Å². The molecule has 0 saturated heterocycles. The number of fused-ring (bicyclic) bond motifs is 26. The monoisotopic (exact) mass is 871 g/mol. The van der Waals surface area contributed by atoms with Crippen molar-refractivity contribution < 1.29 is 0 Å². The minimum absolute atomic E-state index is 0.425. The fraction of sp³-hybridized carbons (Fsp3) is 0.0294. The Bertz CT molecular complexity index is 4070. The van der Waals surface area contributed by atoms with E-state index in [1.807, 2.05) is 0 Å². The molecular formula is C68H41N. The molecule has 4 aliphatic carbocycles. The van der Waals surface area contributed by atoms with E-state index in [1.165, 1.54) is 121 Å². The molecule has 0 atom stereocenters. The molecule has 0 saturated carbocycles. The molecule has 0 N–H and O–H groups in total. The quantitative estimate of drug-likeness (QED) is 0.160. The molecule has 0 heterocycles. The summed E-state index contributed by atoms with van der Waals surface area (Å²) in [5.74, 6) is 0. The van der Waals surface area contributed by atoms with Crippen LogP contribution in [0.2, 0.25) is 0 Å². The molecule has 0 radical (unpaired) electrons. The van der Waals surface area contributed by atoms with Crippen molar-refractivity contribution in [1.82, 2.24) is 0 Å². The van der Waals surface area contributed by atoms with Gasteiger partial charge in [-0.25, -0.2) is 0 Å². The van der Waals surface area contributed by atoms with Gasteiger partial charge in [0, 0.05) is 16.8 Å². The van der Waals surface area contributed by atoms with Crippen molar-refractivity contribution in [3.63, 3.8) is 0 Å². The van der Waals surface area contributed by atoms with E-state index in [-0.39, 0.29) is 0 Å². The van der Waals surface area contributed by atoms with E-state index in [1.54, 1.807) is 0 Å². The summed E-state index contributed by atoms with van der Waals surface area (Å²) in [6.07, 6.45) is 0. The smallest absolute Gasteiger partial charge is 0.0726 e. The highest BCUT2D eigenvalue weighted by molar-refractivity contribution is 6.29. The van der Waals surface area contributed by atoms with Gasteiger partial charge in [0.1, 0.15) is 0 Å². The lowest BCUT2D eigenvalue weighted by molar-refractivity contribution is 0.793. The molecule has 16 rings (SSSR count). The summed E-state index contributed by atoms with van der Waals surface area (Å²) < 4.78 is 0. The fourth-order valence-corrected chi connectivity index (χ4v) is 14.0. The Balaban J connectivity index is 1.01. The number of benzene rings is 12. The summed E-state index contributed by atoms with van der Waals surface area (Å²) in [4.78, 5) is 2.58. The van der Waals surface area contributed by atoms with Crippen LogP contribution in [0.25, 0.3) is 76.8 Å². The van der Waals surface area contributed by atoms with Crippen LogP contribution in [0.3, 0.4) is 0 Å². The van der Waals surface area contributed by atoms with Gasteiger partial charge in [0.15, 0.2) is 0 Å². The third-order valence-corrected chi connectivity index (χ3v) is 16.5. The molecule has 1 nitrogen and oxygen atoms in total. The number of anilines is 3. The highest BCUT2D eigenvalue weighted by atomic mass is 15.1. The van der Waals surface area contributed by atoms with Crippen LogP contribution in [0, 0.1) is 0 Å². The van der Waals surface area contributed by atoms with E-state index in [4.69, 9.17) is 0 Å². The molecule has 12 aromatic carbocycles. The average molecular weight is 872 g/mol. The summed E-state index contributed by atoms with van der Waals surface area (Å²) in [5.41, 5.74) is 23.7. The normalized spacial score (nSPS) is 14.3. The molecule has 318 valence electrons. The summed E-state index contributed by atoms with van der Waals surface area (Å²) in [6, 6.07) is 94.3. The van der Waals surface area contributed by atoms with Gasteiger partial charge in [-0.2, -0.15) is 0 Å². The van der Waals surface area contributed by atoms with Crippen LogP contribution in [0.5, 0.6) is 0 Å². The highest BCUT2D eigenvalue weighted by Gasteiger charge is 2.53. The van der Waals surface area contributed by atoms with Gasteiger partial charge >= 0.3 is 0 Å². The predicted molar refractivity (Wildman–Crippen MR) is 286 cm³/mol. The van der Waals surface area contributed by atoms with Gasteiger partial charge in [-0.05, 0) is 146 Å². The van der Waals surface area contributed by atoms with Gasteiger partial charge in [-0.3, -0.25) is 0 Å². The Labute approximate surface area is 400 Å². The van der Waals surface area contributed by atoms with Crippen LogP contribution < -0.4 is 4.90 Å². The molecule has 12 aromatic rings. The number of nitrogens with zero attached hydrogens (tertiary/aromatic N) is 1. The zero-order valence-electron chi connectivity index (χ0n) is 37.6. The number of hydrogen-bond acceptors (Lipinski definition) is 1. The molecule has 0 aromatic heterocycles. The lowest BCUT2D eigenvalue weighted by Crippen LogP contribution is -2.26. The molecule has 0 fully saturated rings. The number of hydrogen-bond donors (Lipinski definition) is 0. The van der Waals surface area contributed by atoms with Gasteiger partial charge < -0.3 is 4.90 Å². The Hall–Kier alpha value is -8.78. The Morgan fingerprint density at radius 3 is 1.01 bits per heavy atom. The SMILES string of the molecule is c1ccc2c(c1)-c1ccccc1C21c2ccccc2-c2cc(N(c3ccc4c(c3)C3(c5ccccc5-c5ccccc53)c3ccccc3-4)c3cccc4c5ccccc5c5ccccc5c34)ccc21. The van der Waals surface area contributed by atoms with E-state index in [9.17, 15) is 0 Å². The highest BCUT2D eigenvalue weighted by Crippen LogP contribution is 2.65. The van der Waals surface area contributed by atoms with Crippen molar-refractivity contribution in [2.24, 2.45) is 0 Å². The fourth-order valence-electron chi connectivity index (χ4n) is 14.0. The molecule has 69 heavy (non-hydrogen) atoms. The average Bonchev–Trinajstić information content (AvgIpc) is 4.10. The molecule has 0 unspecified atom stereocenters. The van der Waals surface area contributed by atoms with Crippen LogP contribution in [0.15, 0.2) is 249 Å². The van der Waals surface area contributed by atoms with Gasteiger partial charge in [0.2, 0.25) is 0 Å². The Kier molecular flexibility index (Phi) is 7.27. The number of rotatable bonds is 3. The van der Waals surface area contributed by atoms with Crippen molar-refractivity contribution >= 4 is 49.4 Å². The maximum absolute atomic E-state index is 2.58. The van der Waals surface area contributed by atoms with Crippen LogP contribution in [0.1, 0.15) is 44.5 Å². The second kappa shape index (κ2) is 13.4. The molecule has 0 amide bonds. The zero-order chi connectivity index (χ0) is 45.0. The van der Waals surface area contributed by atoms with Crippen molar-refractivity contribution in [2.75, 3.05) is 4.90 Å². The molecule has 0 aliphatic heterocycles. The first-order valence-electron chi connectivity index (χ1n) is 24.3. The standard InChI is InChI=1S/C68H41N/c1-2-19-46-44(18-1)45-20-3-4-27-54(45)66-55(46)28-17-35-65(66)69(42-37-39-63-56(40-42)52-26-10-16-34-62(52)67(63)57-29-11-5-21-47(57)48-22-6-12-30-58(48)67)43-36-38-53-51-25-9-15-33-61(51)68(64(53)41-43)59-31-13-7-23-49(59)50-24-8-14-32-60(50)68/h1-41H. The van der Waals surface area contributed by atoms with Crippen LogP contribution in [-0.4, -0.2) is 0 Å². The van der Waals surface area contributed by atoms with Crippen LogP contribution in [-0.2, 0) is 10.8 Å². The van der Waals surface area contributed by atoms with Crippen molar-refractivity contribution in [3.8, 4) is 44.5 Å². The van der Waals surface area contributed by atoms with Gasteiger partial charge in [-0.1, -0.05) is 218 Å². The topological polar surface area (TPSA) is 3.24 Å². The summed E-state index contributed by atoms with van der Waals surface area (Å²) in [6.45, 7) is 0. The van der Waals surface area contributed by atoms with Crippen molar-refractivity contribution in [3.05, 3.63) is 293 Å². The summed E-state index contributed by atoms with van der Waals surface area (Å²) in [7, 11) is 0. The zero-order valence-corrected chi connectivity index (χ0v) is 37.6. The largest absolute Gasteiger partial charge is 0.310 e. The first-order chi connectivity index (χ1) is 34.3. The first kappa shape index (κ1) is 37.3. The van der Waals surface area contributed by atoms with E-state index in [2.05, 4.69) is 254 Å². The third kappa shape index (κ3) is 4.52. The van der Waals surface area contributed by atoms with Gasteiger partial charge in [-0.15, -0.1) is 0 Å². The maximum Gasteiger partial charge on any atom is 0.0726 e. The summed E-state index contributed by atoms with van der Waals surface area (Å²) in [5, 5.41) is 7.55. The van der Waals surface area contributed by atoms with E-state index >= 15 is 0 Å². The first-order valence-corrected chi connectivity index (χ1v) is 24.3. The van der Waals surface area contributed by atoms with E-state index in [0.717, 1.165) is 17.1 Å². The van der Waals surface area contributed by atoms with Crippen LogP contribution >= 0.6 is 0 Å². The molecule has 1 heteroatoms. The predicted octanol–water partition coefficient (Wildman–Crippen LogP) is 17.3. The van der Waals surface area contributed by atoms with E-state index in [0.29, 0.717) is 0 Å². The van der Waals surface area contributed by atoms with E-state index < -0.39 is 10.8 Å². The molecular weight excluding hydrogens is 831 g/mol. The Morgan fingerprint density at radius 1 is 0.217 bits per heavy atom. The van der Waals surface area contributed by atoms with Crippen molar-refractivity contribution in [2.45, 2.75) is 10.8 Å². The molecule has 4 aliphatic rings. The third-order valence-electron chi connectivity index (χ3n) is 16.5. The van der Waals surface area contributed by atoms with Crippen LogP contribution in [0.4, 0.5) is 17.1 Å². The van der Waals surface area contributed by atoms with Gasteiger partial charge in [0.25, 0.3) is 0 Å².